The van der Waals surface area contributed by atoms with Crippen molar-refractivity contribution < 1.29 is 14.3 Å². The molecule has 1 fully saturated rings. The Balaban J connectivity index is 2.24. The number of Topliss-reactive ketones (excluding diaryl/α,β-unsaturated/α-hetero) is 1. The van der Waals surface area contributed by atoms with Gasteiger partial charge in [0.15, 0.2) is 5.78 Å². The van der Waals surface area contributed by atoms with Crippen molar-refractivity contribution in [2.45, 2.75) is 26.2 Å². The Labute approximate surface area is 94.4 Å². The predicted octanol–water partition coefficient (Wildman–Crippen LogP) is 2.59. The van der Waals surface area contributed by atoms with Crippen molar-refractivity contribution in [2.24, 2.45) is 5.92 Å². The van der Waals surface area contributed by atoms with Crippen molar-refractivity contribution in [1.29, 1.82) is 0 Å². The van der Waals surface area contributed by atoms with E-state index in [4.69, 9.17) is 4.74 Å². The minimum Gasteiger partial charge on any atom is -0.426 e. The summed E-state index contributed by atoms with van der Waals surface area (Å²) in [6, 6.07) is 6.93. The molecule has 1 aromatic rings. The molecule has 84 valence electrons. The largest absolute Gasteiger partial charge is 0.426 e. The van der Waals surface area contributed by atoms with E-state index in [0.29, 0.717) is 11.3 Å². The van der Waals surface area contributed by atoms with E-state index < -0.39 is 5.97 Å². The lowest BCUT2D eigenvalue weighted by Crippen LogP contribution is -2.22. The number of para-hydroxylation sites is 1. The third-order valence-electron chi connectivity index (χ3n) is 2.88. The summed E-state index contributed by atoms with van der Waals surface area (Å²) in [7, 11) is 0. The normalized spacial score (nSPS) is 15.3. The molecule has 1 aromatic carbocycles. The number of benzene rings is 1. The van der Waals surface area contributed by atoms with Gasteiger partial charge in [0.25, 0.3) is 0 Å². The first kappa shape index (κ1) is 10.9. The number of rotatable bonds is 3. The highest BCUT2D eigenvalue weighted by molar-refractivity contribution is 6.01. The van der Waals surface area contributed by atoms with Crippen LogP contribution in [0.25, 0.3) is 0 Å². The molecule has 0 atom stereocenters. The van der Waals surface area contributed by atoms with Crippen molar-refractivity contribution >= 4 is 11.8 Å². The molecule has 0 bridgehead atoms. The molecule has 0 saturated heterocycles. The van der Waals surface area contributed by atoms with Crippen molar-refractivity contribution in [3.8, 4) is 5.75 Å². The fraction of sp³-hybridized carbons (Fsp3) is 0.385. The Bertz CT molecular complexity index is 419. The van der Waals surface area contributed by atoms with E-state index in [1.54, 1.807) is 24.3 Å². The van der Waals surface area contributed by atoms with Gasteiger partial charge in [-0.05, 0) is 25.0 Å². The van der Waals surface area contributed by atoms with Gasteiger partial charge in [-0.15, -0.1) is 0 Å². The number of esters is 1. The van der Waals surface area contributed by atoms with Crippen LogP contribution in [0.4, 0.5) is 0 Å². The predicted molar refractivity (Wildman–Crippen MR) is 59.4 cm³/mol. The van der Waals surface area contributed by atoms with Gasteiger partial charge in [0.2, 0.25) is 0 Å². The van der Waals surface area contributed by atoms with Gasteiger partial charge in [-0.25, -0.2) is 0 Å². The van der Waals surface area contributed by atoms with Crippen LogP contribution in [-0.2, 0) is 4.79 Å². The minimum atomic E-state index is -0.395. The Kier molecular flexibility index (Phi) is 3.04. The van der Waals surface area contributed by atoms with E-state index in [-0.39, 0.29) is 11.7 Å². The lowest BCUT2D eigenvalue weighted by molar-refractivity contribution is -0.131. The molecule has 1 aliphatic rings. The summed E-state index contributed by atoms with van der Waals surface area (Å²) in [6.45, 7) is 1.34. The molecule has 0 spiro atoms. The average molecular weight is 218 g/mol. The van der Waals surface area contributed by atoms with Crippen LogP contribution in [0.5, 0.6) is 5.75 Å². The third-order valence-corrected chi connectivity index (χ3v) is 2.88. The molecule has 2 rings (SSSR count). The Hall–Kier alpha value is -1.64. The third kappa shape index (κ3) is 2.13. The lowest BCUT2D eigenvalue weighted by Gasteiger charge is -2.24. The van der Waals surface area contributed by atoms with E-state index in [1.165, 1.54) is 6.92 Å². The molecule has 3 heteroatoms. The molecular formula is C13H14O3. The topological polar surface area (TPSA) is 43.4 Å². The monoisotopic (exact) mass is 218 g/mol. The standard InChI is InChI=1S/C13H14O3/c1-9(14)16-12-8-3-2-7-11(12)13(15)10-5-4-6-10/h2-3,7-8,10H,4-6H2,1H3. The van der Waals surface area contributed by atoms with E-state index >= 15 is 0 Å². The van der Waals surface area contributed by atoms with Crippen LogP contribution in [0.2, 0.25) is 0 Å². The molecule has 3 nitrogen and oxygen atoms in total. The van der Waals surface area contributed by atoms with Gasteiger partial charge in [-0.3, -0.25) is 9.59 Å². The molecule has 1 aliphatic carbocycles. The quantitative estimate of drug-likeness (QED) is 0.445. The second kappa shape index (κ2) is 4.47. The zero-order valence-corrected chi connectivity index (χ0v) is 9.23. The molecule has 0 radical (unpaired) electrons. The first-order chi connectivity index (χ1) is 7.68. The minimum absolute atomic E-state index is 0.100. The SMILES string of the molecule is CC(=O)Oc1ccccc1C(=O)C1CCC1. The van der Waals surface area contributed by atoms with Gasteiger partial charge >= 0.3 is 5.97 Å². The summed E-state index contributed by atoms with van der Waals surface area (Å²) in [4.78, 5) is 22.9. The fourth-order valence-electron chi connectivity index (χ4n) is 1.80. The van der Waals surface area contributed by atoms with Gasteiger partial charge in [-0.1, -0.05) is 18.6 Å². The summed E-state index contributed by atoms with van der Waals surface area (Å²) < 4.78 is 5.03. The molecule has 0 N–H and O–H groups in total. The van der Waals surface area contributed by atoms with Gasteiger partial charge in [0.05, 0.1) is 5.56 Å². The van der Waals surface area contributed by atoms with Crippen LogP contribution in [0, 0.1) is 5.92 Å². The molecule has 0 aromatic heterocycles. The Morgan fingerprint density at radius 3 is 2.50 bits per heavy atom. The van der Waals surface area contributed by atoms with Crippen LogP contribution < -0.4 is 4.74 Å². The van der Waals surface area contributed by atoms with Gasteiger partial charge in [0, 0.05) is 12.8 Å². The van der Waals surface area contributed by atoms with Gasteiger partial charge in [0.1, 0.15) is 5.75 Å². The van der Waals surface area contributed by atoms with Crippen LogP contribution in [0.3, 0.4) is 0 Å². The molecule has 16 heavy (non-hydrogen) atoms. The summed E-state index contributed by atoms with van der Waals surface area (Å²) in [6.07, 6.45) is 3.02. The van der Waals surface area contributed by atoms with Crippen LogP contribution in [-0.4, -0.2) is 11.8 Å². The number of ketones is 1. The maximum absolute atomic E-state index is 12.0. The molecule has 0 heterocycles. The highest BCUT2D eigenvalue weighted by atomic mass is 16.5. The van der Waals surface area contributed by atoms with Gasteiger partial charge in [-0.2, -0.15) is 0 Å². The number of carbonyl (C=O) groups is 2. The van der Waals surface area contributed by atoms with Crippen LogP contribution in [0.15, 0.2) is 24.3 Å². The van der Waals surface area contributed by atoms with E-state index in [2.05, 4.69) is 0 Å². The molecule has 0 unspecified atom stereocenters. The maximum atomic E-state index is 12.0. The first-order valence-corrected chi connectivity index (χ1v) is 5.50. The lowest BCUT2D eigenvalue weighted by atomic mass is 9.80. The van der Waals surface area contributed by atoms with Crippen LogP contribution >= 0.6 is 0 Å². The van der Waals surface area contributed by atoms with E-state index in [0.717, 1.165) is 19.3 Å². The van der Waals surface area contributed by atoms with Crippen molar-refractivity contribution in [2.75, 3.05) is 0 Å². The zero-order chi connectivity index (χ0) is 11.5. The first-order valence-electron chi connectivity index (χ1n) is 5.50. The van der Waals surface area contributed by atoms with Gasteiger partial charge < -0.3 is 4.74 Å². The van der Waals surface area contributed by atoms with E-state index in [1.807, 2.05) is 0 Å². The zero-order valence-electron chi connectivity index (χ0n) is 9.23. The van der Waals surface area contributed by atoms with Crippen molar-refractivity contribution in [1.82, 2.24) is 0 Å². The number of ether oxygens (including phenoxy) is 1. The Morgan fingerprint density at radius 2 is 1.94 bits per heavy atom. The highest BCUT2D eigenvalue weighted by Crippen LogP contribution is 2.32. The van der Waals surface area contributed by atoms with Crippen LogP contribution in [0.1, 0.15) is 36.5 Å². The summed E-state index contributed by atoms with van der Waals surface area (Å²) in [5.74, 6) is 0.209. The smallest absolute Gasteiger partial charge is 0.308 e. The van der Waals surface area contributed by atoms with Crippen molar-refractivity contribution in [3.63, 3.8) is 0 Å². The summed E-state index contributed by atoms with van der Waals surface area (Å²) in [5, 5.41) is 0. The molecule has 1 saturated carbocycles. The summed E-state index contributed by atoms with van der Waals surface area (Å²) in [5.41, 5.74) is 0.530. The number of hydrogen-bond acceptors (Lipinski definition) is 3. The highest BCUT2D eigenvalue weighted by Gasteiger charge is 2.28. The second-order valence-electron chi connectivity index (χ2n) is 4.08. The fourth-order valence-corrected chi connectivity index (χ4v) is 1.80. The second-order valence-corrected chi connectivity index (χ2v) is 4.08. The average Bonchev–Trinajstić information content (AvgIpc) is 2.14. The Morgan fingerprint density at radius 1 is 1.25 bits per heavy atom. The number of carbonyl (C=O) groups excluding carboxylic acids is 2. The van der Waals surface area contributed by atoms with E-state index in [9.17, 15) is 9.59 Å². The summed E-state index contributed by atoms with van der Waals surface area (Å²) >= 11 is 0. The molecule has 0 aliphatic heterocycles. The number of hydrogen-bond donors (Lipinski definition) is 0. The molecule has 0 amide bonds. The molecular weight excluding hydrogens is 204 g/mol. The van der Waals surface area contributed by atoms with Crippen molar-refractivity contribution in [3.05, 3.63) is 29.8 Å². The maximum Gasteiger partial charge on any atom is 0.308 e.